The molecule has 0 aliphatic heterocycles. The van der Waals surface area contributed by atoms with Gasteiger partial charge in [0.25, 0.3) is 0 Å². The van der Waals surface area contributed by atoms with Crippen LogP contribution in [0.2, 0.25) is 5.02 Å². The maximum atomic E-state index is 7.50. The van der Waals surface area contributed by atoms with Gasteiger partial charge in [0.1, 0.15) is 24.5 Å². The van der Waals surface area contributed by atoms with E-state index in [2.05, 4.69) is 10.1 Å². The summed E-state index contributed by atoms with van der Waals surface area (Å²) in [5.74, 6) is 1.10. The number of hydrogen-bond donors (Lipinski definition) is 2. The number of aromatic nitrogens is 3. The highest BCUT2D eigenvalue weighted by atomic mass is 35.5. The van der Waals surface area contributed by atoms with Gasteiger partial charge in [-0.25, -0.2) is 9.67 Å². The minimum atomic E-state index is -0.0661. The van der Waals surface area contributed by atoms with Crippen molar-refractivity contribution in [2.24, 2.45) is 5.73 Å². The molecular formula is C12H14ClN5O. The molecule has 1 heterocycles. The van der Waals surface area contributed by atoms with Gasteiger partial charge < -0.3 is 10.5 Å². The Bertz CT molecular complexity index is 596. The summed E-state index contributed by atoms with van der Waals surface area (Å²) < 4.78 is 7.37. The summed E-state index contributed by atoms with van der Waals surface area (Å²) in [6.07, 6.45) is 1.48. The first kappa shape index (κ1) is 13.4. The Kier molecular flexibility index (Phi) is 4.01. The number of amidine groups is 1. The van der Waals surface area contributed by atoms with Crippen LogP contribution in [0.4, 0.5) is 0 Å². The van der Waals surface area contributed by atoms with E-state index < -0.39 is 0 Å². The normalized spacial score (nSPS) is 10.4. The molecule has 0 unspecified atom stereocenters. The number of rotatable bonds is 5. The average Bonchev–Trinajstić information content (AvgIpc) is 2.83. The average molecular weight is 280 g/mol. The van der Waals surface area contributed by atoms with Gasteiger partial charge in [0, 0.05) is 11.6 Å². The molecule has 1 aromatic carbocycles. The lowest BCUT2D eigenvalue weighted by atomic mass is 10.2. The molecule has 0 aliphatic carbocycles. The number of benzene rings is 1. The first-order valence-corrected chi connectivity index (χ1v) is 6.13. The maximum Gasteiger partial charge on any atom is 0.164 e. The number of nitrogens with zero attached hydrogens (tertiary/aromatic N) is 3. The van der Waals surface area contributed by atoms with E-state index in [1.165, 1.54) is 6.33 Å². The monoisotopic (exact) mass is 279 g/mol. The molecule has 100 valence electrons. The van der Waals surface area contributed by atoms with Crippen LogP contribution in [0.1, 0.15) is 18.3 Å². The Labute approximate surface area is 115 Å². The summed E-state index contributed by atoms with van der Waals surface area (Å²) in [4.78, 5) is 4.11. The van der Waals surface area contributed by atoms with E-state index in [0.717, 1.165) is 0 Å². The molecule has 6 nitrogen and oxygen atoms in total. The number of nitrogens with one attached hydrogen (secondary N) is 1. The first-order chi connectivity index (χ1) is 9.11. The van der Waals surface area contributed by atoms with Gasteiger partial charge in [0.2, 0.25) is 0 Å². The molecule has 0 spiro atoms. The lowest BCUT2D eigenvalue weighted by molar-refractivity contribution is 0.287. The molecule has 2 rings (SSSR count). The number of ether oxygens (including phenoxy) is 1. The van der Waals surface area contributed by atoms with E-state index in [0.29, 0.717) is 28.7 Å². The van der Waals surface area contributed by atoms with Crippen molar-refractivity contribution in [1.29, 1.82) is 5.41 Å². The Morgan fingerprint density at radius 2 is 2.32 bits per heavy atom. The van der Waals surface area contributed by atoms with Crippen LogP contribution in [0, 0.1) is 5.41 Å². The molecule has 0 saturated heterocycles. The Hall–Kier alpha value is -2.08. The summed E-state index contributed by atoms with van der Waals surface area (Å²) in [5, 5.41) is 12.1. The Balaban J connectivity index is 2.19. The Morgan fingerprint density at radius 3 is 3.00 bits per heavy atom. The number of nitrogen functional groups attached to an aromatic ring is 1. The van der Waals surface area contributed by atoms with Gasteiger partial charge in [-0.2, -0.15) is 5.10 Å². The van der Waals surface area contributed by atoms with Gasteiger partial charge in [0.05, 0.1) is 5.56 Å². The molecule has 2 aromatic rings. The van der Waals surface area contributed by atoms with E-state index in [1.807, 2.05) is 6.92 Å². The predicted molar refractivity (Wildman–Crippen MR) is 72.5 cm³/mol. The van der Waals surface area contributed by atoms with Crippen molar-refractivity contribution < 1.29 is 4.74 Å². The lowest BCUT2D eigenvalue weighted by Gasteiger charge is -2.11. The molecule has 0 aliphatic rings. The fourth-order valence-corrected chi connectivity index (χ4v) is 1.81. The van der Waals surface area contributed by atoms with Crippen LogP contribution >= 0.6 is 11.6 Å². The number of halogens is 1. The van der Waals surface area contributed by atoms with E-state index in [9.17, 15) is 0 Å². The van der Waals surface area contributed by atoms with Crippen LogP contribution in [0.3, 0.4) is 0 Å². The molecule has 7 heteroatoms. The fraction of sp³-hybridized carbons (Fsp3) is 0.250. The first-order valence-electron chi connectivity index (χ1n) is 5.75. The van der Waals surface area contributed by atoms with Crippen LogP contribution in [0.25, 0.3) is 0 Å². The van der Waals surface area contributed by atoms with Gasteiger partial charge >= 0.3 is 0 Å². The van der Waals surface area contributed by atoms with Crippen LogP contribution in [0.15, 0.2) is 24.5 Å². The number of aryl methyl sites for hydroxylation is 1. The topological polar surface area (TPSA) is 89.8 Å². The van der Waals surface area contributed by atoms with Crippen molar-refractivity contribution in [2.75, 3.05) is 0 Å². The molecule has 0 bridgehead atoms. The van der Waals surface area contributed by atoms with Crippen LogP contribution in [-0.4, -0.2) is 20.6 Å². The Morgan fingerprint density at radius 1 is 1.53 bits per heavy atom. The second-order valence-electron chi connectivity index (χ2n) is 3.83. The standard InChI is InChI=1S/C12H14ClN5O/c1-2-18-11(16-7-17-18)6-19-10-5-8(13)3-4-9(10)12(14)15/h3-5,7H,2,6H2,1H3,(H3,14,15). The van der Waals surface area contributed by atoms with Crippen molar-refractivity contribution >= 4 is 17.4 Å². The molecule has 0 radical (unpaired) electrons. The van der Waals surface area contributed by atoms with Gasteiger partial charge in [-0.05, 0) is 25.1 Å². The van der Waals surface area contributed by atoms with Crippen molar-refractivity contribution in [3.63, 3.8) is 0 Å². The highest BCUT2D eigenvalue weighted by molar-refractivity contribution is 6.30. The highest BCUT2D eigenvalue weighted by Gasteiger charge is 2.10. The largest absolute Gasteiger partial charge is 0.485 e. The molecule has 1 aromatic heterocycles. The second-order valence-corrected chi connectivity index (χ2v) is 4.27. The second kappa shape index (κ2) is 5.71. The molecule has 0 fully saturated rings. The molecule has 19 heavy (non-hydrogen) atoms. The fourth-order valence-electron chi connectivity index (χ4n) is 1.64. The minimum absolute atomic E-state index is 0.0661. The van der Waals surface area contributed by atoms with Gasteiger partial charge in [-0.1, -0.05) is 11.6 Å². The molecule has 0 atom stereocenters. The summed E-state index contributed by atoms with van der Waals surface area (Å²) in [6, 6.07) is 4.95. The zero-order valence-electron chi connectivity index (χ0n) is 10.4. The highest BCUT2D eigenvalue weighted by Crippen LogP contribution is 2.23. The van der Waals surface area contributed by atoms with Crippen LogP contribution in [0.5, 0.6) is 5.75 Å². The summed E-state index contributed by atoms with van der Waals surface area (Å²) in [5.41, 5.74) is 6.00. The van der Waals surface area contributed by atoms with Crippen LogP contribution in [-0.2, 0) is 13.2 Å². The van der Waals surface area contributed by atoms with Crippen LogP contribution < -0.4 is 10.5 Å². The molecule has 0 saturated carbocycles. The summed E-state index contributed by atoms with van der Waals surface area (Å²) in [6.45, 7) is 2.93. The lowest BCUT2D eigenvalue weighted by Crippen LogP contribution is -2.14. The molecule has 3 N–H and O–H groups in total. The van der Waals surface area contributed by atoms with Crippen molar-refractivity contribution in [3.05, 3.63) is 40.9 Å². The third-order valence-electron chi connectivity index (χ3n) is 2.59. The smallest absolute Gasteiger partial charge is 0.164 e. The van der Waals surface area contributed by atoms with Gasteiger partial charge in [-0.3, -0.25) is 5.41 Å². The number of nitrogens with two attached hydrogens (primary N) is 1. The van der Waals surface area contributed by atoms with Crippen molar-refractivity contribution in [1.82, 2.24) is 14.8 Å². The third kappa shape index (κ3) is 3.03. The number of hydrogen-bond acceptors (Lipinski definition) is 4. The quantitative estimate of drug-likeness (QED) is 0.645. The maximum absolute atomic E-state index is 7.50. The van der Waals surface area contributed by atoms with Gasteiger partial charge in [-0.15, -0.1) is 0 Å². The van der Waals surface area contributed by atoms with E-state index in [-0.39, 0.29) is 12.4 Å². The molecular weight excluding hydrogens is 266 g/mol. The summed E-state index contributed by atoms with van der Waals surface area (Å²) in [7, 11) is 0. The van der Waals surface area contributed by atoms with E-state index >= 15 is 0 Å². The third-order valence-corrected chi connectivity index (χ3v) is 2.82. The van der Waals surface area contributed by atoms with E-state index in [1.54, 1.807) is 22.9 Å². The zero-order chi connectivity index (χ0) is 13.8. The summed E-state index contributed by atoms with van der Waals surface area (Å²) >= 11 is 5.92. The van der Waals surface area contributed by atoms with Crippen molar-refractivity contribution in [3.8, 4) is 5.75 Å². The van der Waals surface area contributed by atoms with Crippen molar-refractivity contribution in [2.45, 2.75) is 20.1 Å². The SMILES string of the molecule is CCn1ncnc1COc1cc(Cl)ccc1C(=N)N. The minimum Gasteiger partial charge on any atom is -0.485 e. The molecule has 0 amide bonds. The predicted octanol–water partition coefficient (Wildman–Crippen LogP) is 1.81. The zero-order valence-corrected chi connectivity index (χ0v) is 11.2. The van der Waals surface area contributed by atoms with E-state index in [4.69, 9.17) is 27.5 Å². The van der Waals surface area contributed by atoms with Gasteiger partial charge in [0.15, 0.2) is 5.82 Å².